The first-order valence-corrected chi connectivity index (χ1v) is 15.2. The number of hydrogen-bond donors (Lipinski definition) is 1. The number of aromatic nitrogens is 2. The van der Waals surface area contributed by atoms with Crippen molar-refractivity contribution in [3.63, 3.8) is 0 Å². The molecule has 1 aliphatic rings. The van der Waals surface area contributed by atoms with E-state index in [9.17, 15) is 4.55 Å². The van der Waals surface area contributed by atoms with Crippen LogP contribution in [0.4, 0.5) is 4.39 Å². The van der Waals surface area contributed by atoms with E-state index in [1.54, 1.807) is 17.0 Å². The van der Waals surface area contributed by atoms with Crippen LogP contribution < -0.4 is 4.72 Å². The zero-order valence-electron chi connectivity index (χ0n) is 18.4. The van der Waals surface area contributed by atoms with Crippen molar-refractivity contribution >= 4 is 30.5 Å². The third kappa shape index (κ3) is 6.04. The molecule has 1 aromatic heterocycles. The third-order valence-corrected chi connectivity index (χ3v) is 8.44. The van der Waals surface area contributed by atoms with E-state index in [1.165, 1.54) is 0 Å². The molecule has 0 aliphatic heterocycles. The first kappa shape index (κ1) is 22.7. The summed E-state index contributed by atoms with van der Waals surface area (Å²) < 4.78 is 38.0. The fraction of sp³-hybridized carbons (Fsp3) is 0.667. The van der Waals surface area contributed by atoms with Crippen LogP contribution in [-0.4, -0.2) is 33.5 Å². The lowest BCUT2D eigenvalue weighted by molar-refractivity contribution is 0.0895. The molecule has 1 aliphatic carbocycles. The number of nitrogens with one attached hydrogen (secondary N) is 1. The molecule has 0 spiro atoms. The monoisotopic (exact) mass is 439 g/mol. The predicted octanol–water partition coefficient (Wildman–Crippen LogP) is 4.99. The zero-order valence-corrected chi connectivity index (χ0v) is 20.2. The minimum Gasteiger partial charge on any atom is -0.598 e. The highest BCUT2D eigenvalue weighted by atomic mass is 32.2. The van der Waals surface area contributed by atoms with Gasteiger partial charge < -0.3 is 13.9 Å². The van der Waals surface area contributed by atoms with E-state index >= 15 is 4.39 Å². The van der Waals surface area contributed by atoms with Gasteiger partial charge in [-0.25, -0.2) is 9.37 Å². The largest absolute Gasteiger partial charge is 0.598 e. The SMILES string of the molecule is CC(C)(C)[S+]([O-])N[C@@H](c1cc(F)c2c(c1)ncn2COCC[Si](C)(C)C)C1CC1. The van der Waals surface area contributed by atoms with Gasteiger partial charge in [0.2, 0.25) is 0 Å². The lowest BCUT2D eigenvalue weighted by atomic mass is 10.0. The van der Waals surface area contributed by atoms with Crippen molar-refractivity contribution in [3.05, 3.63) is 29.8 Å². The predicted molar refractivity (Wildman–Crippen MR) is 120 cm³/mol. The summed E-state index contributed by atoms with van der Waals surface area (Å²) in [5, 5.41) is 0. The number of fused-ring (bicyclic) bond motifs is 1. The Balaban J connectivity index is 1.77. The Bertz CT molecular complexity index is 843. The molecular weight excluding hydrogens is 405 g/mol. The Hall–Kier alpha value is -0.933. The second kappa shape index (κ2) is 8.67. The topological polar surface area (TPSA) is 62.1 Å². The van der Waals surface area contributed by atoms with Gasteiger partial charge in [-0.2, -0.15) is 0 Å². The number of imidazole rings is 1. The number of hydrogen-bond acceptors (Lipinski definition) is 4. The van der Waals surface area contributed by atoms with Crippen LogP contribution in [-0.2, 0) is 22.8 Å². The summed E-state index contributed by atoms with van der Waals surface area (Å²) in [6, 6.07) is 4.45. The van der Waals surface area contributed by atoms with Crippen molar-refractivity contribution in [1.82, 2.24) is 14.3 Å². The molecule has 29 heavy (non-hydrogen) atoms. The molecule has 162 valence electrons. The number of ether oxygens (including phenoxy) is 1. The van der Waals surface area contributed by atoms with Crippen LogP contribution in [0.3, 0.4) is 0 Å². The second-order valence-corrected chi connectivity index (χ2v) is 17.9. The summed E-state index contributed by atoms with van der Waals surface area (Å²) in [5.41, 5.74) is 1.90. The van der Waals surface area contributed by atoms with Gasteiger partial charge >= 0.3 is 0 Å². The van der Waals surface area contributed by atoms with E-state index in [2.05, 4.69) is 29.3 Å². The van der Waals surface area contributed by atoms with E-state index in [-0.39, 0.29) is 16.6 Å². The lowest BCUT2D eigenvalue weighted by Crippen LogP contribution is -2.41. The Morgan fingerprint density at radius 3 is 2.62 bits per heavy atom. The van der Waals surface area contributed by atoms with E-state index in [1.807, 2.05) is 26.8 Å². The molecule has 3 rings (SSSR count). The van der Waals surface area contributed by atoms with Crippen molar-refractivity contribution in [2.75, 3.05) is 6.61 Å². The summed E-state index contributed by atoms with van der Waals surface area (Å²) >= 11 is -1.21. The highest BCUT2D eigenvalue weighted by Crippen LogP contribution is 2.42. The van der Waals surface area contributed by atoms with Crippen molar-refractivity contribution in [2.24, 2.45) is 5.92 Å². The third-order valence-electron chi connectivity index (χ3n) is 5.16. The lowest BCUT2D eigenvalue weighted by Gasteiger charge is -2.28. The Morgan fingerprint density at radius 2 is 2.03 bits per heavy atom. The minimum absolute atomic E-state index is 0.118. The highest BCUT2D eigenvalue weighted by Gasteiger charge is 2.38. The number of nitrogens with zero attached hydrogens (tertiary/aromatic N) is 2. The molecule has 2 aromatic rings. The van der Waals surface area contributed by atoms with Crippen molar-refractivity contribution in [1.29, 1.82) is 0 Å². The first-order valence-electron chi connectivity index (χ1n) is 10.4. The van der Waals surface area contributed by atoms with Crippen LogP contribution in [0.1, 0.15) is 45.2 Å². The Labute approximate surface area is 177 Å². The van der Waals surface area contributed by atoms with Gasteiger partial charge in [0.1, 0.15) is 22.8 Å². The molecule has 1 unspecified atom stereocenters. The molecule has 1 heterocycles. The van der Waals surface area contributed by atoms with Gasteiger partial charge in [-0.3, -0.25) is 0 Å². The van der Waals surface area contributed by atoms with E-state index < -0.39 is 19.4 Å². The second-order valence-electron chi connectivity index (χ2n) is 10.2. The van der Waals surface area contributed by atoms with Crippen LogP contribution in [0.2, 0.25) is 25.7 Å². The number of rotatable bonds is 9. The Morgan fingerprint density at radius 1 is 1.34 bits per heavy atom. The normalized spacial score (nSPS) is 17.7. The summed E-state index contributed by atoms with van der Waals surface area (Å²) in [7, 11) is -1.15. The smallest absolute Gasteiger partial charge is 0.149 e. The molecule has 1 N–H and O–H groups in total. The average molecular weight is 440 g/mol. The molecular formula is C21H34FN3O2SSi. The molecule has 1 aromatic carbocycles. The number of halogens is 1. The van der Waals surface area contributed by atoms with E-state index in [0.29, 0.717) is 30.3 Å². The van der Waals surface area contributed by atoms with E-state index in [4.69, 9.17) is 4.74 Å². The van der Waals surface area contributed by atoms with Gasteiger partial charge in [0, 0.05) is 26.0 Å². The standard InChI is InChI=1S/C21H34FN3O2SSi/c1-21(2,3)28(26)24-19(15-7-8-15)16-11-17(22)20-18(12-16)23-13-25(20)14-27-9-10-29(4,5)6/h11-13,15,19,24H,7-10,14H2,1-6H3/t19-,28?/m1/s1. The van der Waals surface area contributed by atoms with Gasteiger partial charge in [0.15, 0.2) is 0 Å². The van der Waals surface area contributed by atoms with E-state index in [0.717, 1.165) is 24.4 Å². The maximum atomic E-state index is 15.0. The van der Waals surface area contributed by atoms with Crippen LogP contribution in [0.15, 0.2) is 18.5 Å². The van der Waals surface area contributed by atoms with Gasteiger partial charge in [0.25, 0.3) is 0 Å². The molecule has 1 saturated carbocycles. The Kier molecular flexibility index (Phi) is 6.80. The molecule has 1 fully saturated rings. The van der Waals surface area contributed by atoms with Crippen molar-refractivity contribution < 1.29 is 13.7 Å². The van der Waals surface area contributed by atoms with Crippen LogP contribution in [0, 0.1) is 11.7 Å². The summed E-state index contributed by atoms with van der Waals surface area (Å²) in [5.74, 6) is 0.0860. The molecule has 0 amide bonds. The van der Waals surface area contributed by atoms with Crippen LogP contribution >= 0.6 is 0 Å². The zero-order chi connectivity index (χ0) is 21.4. The van der Waals surface area contributed by atoms with Gasteiger partial charge in [-0.15, -0.1) is 4.72 Å². The van der Waals surface area contributed by atoms with Gasteiger partial charge in [0.05, 0.1) is 17.9 Å². The van der Waals surface area contributed by atoms with Crippen molar-refractivity contribution in [3.8, 4) is 0 Å². The number of benzene rings is 1. The molecule has 5 nitrogen and oxygen atoms in total. The fourth-order valence-electron chi connectivity index (χ4n) is 3.15. The summed E-state index contributed by atoms with van der Waals surface area (Å²) in [4.78, 5) is 4.41. The molecule has 0 saturated heterocycles. The average Bonchev–Trinajstić information content (AvgIpc) is 3.34. The molecule has 0 radical (unpaired) electrons. The molecule has 2 atom stereocenters. The summed E-state index contributed by atoms with van der Waals surface area (Å²) in [6.07, 6.45) is 3.77. The maximum absolute atomic E-state index is 15.0. The summed E-state index contributed by atoms with van der Waals surface area (Å²) in [6.45, 7) is 13.7. The van der Waals surface area contributed by atoms with Gasteiger partial charge in [-0.05, 0) is 63.3 Å². The van der Waals surface area contributed by atoms with Crippen molar-refractivity contribution in [2.45, 2.75) is 76.8 Å². The van der Waals surface area contributed by atoms with Gasteiger partial charge in [-0.1, -0.05) is 19.6 Å². The van der Waals surface area contributed by atoms with Crippen LogP contribution in [0.5, 0.6) is 0 Å². The molecule has 8 heteroatoms. The highest BCUT2D eigenvalue weighted by molar-refractivity contribution is 7.90. The first-order chi connectivity index (χ1) is 13.5. The van der Waals surface area contributed by atoms with Crippen LogP contribution in [0.25, 0.3) is 11.0 Å². The fourth-order valence-corrected chi connectivity index (χ4v) is 4.82. The minimum atomic E-state index is -1.21. The maximum Gasteiger partial charge on any atom is 0.149 e. The molecule has 0 bridgehead atoms. The quantitative estimate of drug-likeness (QED) is 0.340.